The van der Waals surface area contributed by atoms with Gasteiger partial charge in [-0.15, -0.1) is 0 Å². The maximum Gasteiger partial charge on any atom is 0.243 e. The highest BCUT2D eigenvalue weighted by molar-refractivity contribution is 7.89. The highest BCUT2D eigenvalue weighted by Gasteiger charge is 2.27. The molecule has 6 nitrogen and oxygen atoms in total. The van der Waals surface area contributed by atoms with Crippen LogP contribution in [0.3, 0.4) is 0 Å². The first-order valence-electron chi connectivity index (χ1n) is 10.5. The van der Waals surface area contributed by atoms with Crippen LogP contribution in [0.15, 0.2) is 53.4 Å². The second-order valence-corrected chi connectivity index (χ2v) is 9.48. The molecule has 1 amide bonds. The lowest BCUT2D eigenvalue weighted by Gasteiger charge is -2.21. The Morgan fingerprint density at radius 1 is 1.07 bits per heavy atom. The van der Waals surface area contributed by atoms with Crippen molar-refractivity contribution in [1.29, 1.82) is 0 Å². The third-order valence-electron chi connectivity index (χ3n) is 5.56. The molecule has 1 atom stereocenters. The van der Waals surface area contributed by atoms with Crippen LogP contribution >= 0.6 is 0 Å². The normalized spacial score (nSPS) is 16.5. The summed E-state index contributed by atoms with van der Waals surface area (Å²) in [6, 6.07) is 14.2. The van der Waals surface area contributed by atoms with Crippen LogP contribution in [0.25, 0.3) is 0 Å². The topological polar surface area (TPSA) is 75.7 Å². The number of benzene rings is 2. The molecule has 30 heavy (non-hydrogen) atoms. The molecule has 0 radical (unpaired) electrons. The van der Waals surface area contributed by atoms with Gasteiger partial charge in [-0.05, 0) is 43.0 Å². The summed E-state index contributed by atoms with van der Waals surface area (Å²) in [4.78, 5) is 13.2. The smallest absolute Gasteiger partial charge is 0.243 e. The molecule has 1 N–H and O–H groups in total. The summed E-state index contributed by atoms with van der Waals surface area (Å²) in [6.45, 7) is 3.01. The maximum absolute atomic E-state index is 13.2. The van der Waals surface area contributed by atoms with E-state index in [2.05, 4.69) is 5.32 Å². The number of amides is 1. The van der Waals surface area contributed by atoms with Crippen LogP contribution in [0.5, 0.6) is 5.75 Å². The Balaban J connectivity index is 1.88. The van der Waals surface area contributed by atoms with E-state index < -0.39 is 10.0 Å². The van der Waals surface area contributed by atoms with Crippen molar-refractivity contribution < 1.29 is 17.9 Å². The summed E-state index contributed by atoms with van der Waals surface area (Å²) in [5, 5.41) is 2.89. The van der Waals surface area contributed by atoms with Gasteiger partial charge in [-0.3, -0.25) is 4.79 Å². The number of sulfonamides is 1. The van der Waals surface area contributed by atoms with Gasteiger partial charge in [0.15, 0.2) is 0 Å². The van der Waals surface area contributed by atoms with Crippen molar-refractivity contribution in [2.24, 2.45) is 0 Å². The minimum absolute atomic E-state index is 0.174. The molecule has 0 spiro atoms. The second-order valence-electron chi connectivity index (χ2n) is 7.54. The first-order chi connectivity index (χ1) is 14.5. The van der Waals surface area contributed by atoms with Crippen LogP contribution in [-0.2, 0) is 14.8 Å². The Kier molecular flexibility index (Phi) is 7.50. The number of carbonyl (C=O) groups is 1. The minimum Gasteiger partial charge on any atom is -0.495 e. The van der Waals surface area contributed by atoms with Crippen molar-refractivity contribution in [2.45, 2.75) is 49.8 Å². The lowest BCUT2D eigenvalue weighted by molar-refractivity contribution is -0.117. The van der Waals surface area contributed by atoms with Crippen LogP contribution in [-0.4, -0.2) is 38.8 Å². The van der Waals surface area contributed by atoms with Gasteiger partial charge >= 0.3 is 0 Å². The zero-order chi connectivity index (χ0) is 21.6. The van der Waals surface area contributed by atoms with E-state index in [-0.39, 0.29) is 16.7 Å². The van der Waals surface area contributed by atoms with E-state index in [0.717, 1.165) is 31.2 Å². The predicted octanol–water partition coefficient (Wildman–Crippen LogP) is 4.39. The number of rotatable bonds is 7. The van der Waals surface area contributed by atoms with Crippen LogP contribution in [0.1, 0.15) is 50.5 Å². The largest absolute Gasteiger partial charge is 0.495 e. The number of anilines is 1. The number of nitrogens with zero attached hydrogens (tertiary/aromatic N) is 1. The Bertz CT molecular complexity index is 952. The Hall–Kier alpha value is -2.38. The molecule has 0 aliphatic carbocycles. The third kappa shape index (κ3) is 5.02. The third-order valence-corrected chi connectivity index (χ3v) is 7.45. The molecular formula is C23H30N2O4S. The van der Waals surface area contributed by atoms with E-state index in [4.69, 9.17) is 4.74 Å². The van der Waals surface area contributed by atoms with Crippen molar-refractivity contribution in [3.05, 3.63) is 54.1 Å². The highest BCUT2D eigenvalue weighted by atomic mass is 32.2. The van der Waals surface area contributed by atoms with E-state index in [1.54, 1.807) is 16.4 Å². The van der Waals surface area contributed by atoms with E-state index in [0.29, 0.717) is 30.9 Å². The first kappa shape index (κ1) is 22.3. The van der Waals surface area contributed by atoms with Gasteiger partial charge in [-0.25, -0.2) is 8.42 Å². The molecular weight excluding hydrogens is 400 g/mol. The predicted molar refractivity (Wildman–Crippen MR) is 118 cm³/mol. The molecule has 1 saturated heterocycles. The Morgan fingerprint density at radius 3 is 2.33 bits per heavy atom. The molecule has 162 valence electrons. The monoisotopic (exact) mass is 430 g/mol. The number of hydrogen-bond acceptors (Lipinski definition) is 4. The first-order valence-corrected chi connectivity index (χ1v) is 12.0. The van der Waals surface area contributed by atoms with Gasteiger partial charge in [0.2, 0.25) is 15.9 Å². The fraction of sp³-hybridized carbons (Fsp3) is 0.435. The van der Waals surface area contributed by atoms with E-state index >= 15 is 0 Å². The minimum atomic E-state index is -3.62. The lowest BCUT2D eigenvalue weighted by atomic mass is 9.95. The highest BCUT2D eigenvalue weighted by Crippen LogP contribution is 2.31. The van der Waals surface area contributed by atoms with Crippen molar-refractivity contribution in [3.8, 4) is 5.75 Å². The summed E-state index contributed by atoms with van der Waals surface area (Å²) in [6.07, 6.45) is 4.47. The summed E-state index contributed by atoms with van der Waals surface area (Å²) in [5.74, 6) is -0.0887. The Morgan fingerprint density at radius 2 is 1.73 bits per heavy atom. The molecule has 0 bridgehead atoms. The van der Waals surface area contributed by atoms with Gasteiger partial charge in [-0.2, -0.15) is 4.31 Å². The molecule has 1 aliphatic rings. The van der Waals surface area contributed by atoms with Gasteiger partial charge in [0.05, 0.1) is 23.6 Å². The van der Waals surface area contributed by atoms with Crippen LogP contribution < -0.4 is 10.1 Å². The Labute approximate surface area is 179 Å². The number of methoxy groups -OCH3 is 1. The number of ether oxygens (including phenoxy) is 1. The number of nitrogens with one attached hydrogen (secondary N) is 1. The average Bonchev–Trinajstić information content (AvgIpc) is 3.05. The van der Waals surface area contributed by atoms with Crippen LogP contribution in [0, 0.1) is 0 Å². The quantitative estimate of drug-likeness (QED) is 0.707. The zero-order valence-electron chi connectivity index (χ0n) is 17.6. The van der Waals surface area contributed by atoms with Gasteiger partial charge in [0, 0.05) is 13.1 Å². The molecule has 1 aliphatic heterocycles. The number of carbonyl (C=O) groups excluding carboxylic acids is 1. The van der Waals surface area contributed by atoms with Crippen molar-refractivity contribution in [1.82, 2.24) is 4.31 Å². The molecule has 1 fully saturated rings. The fourth-order valence-corrected chi connectivity index (χ4v) is 5.40. The molecule has 0 unspecified atom stereocenters. The molecule has 7 heteroatoms. The average molecular weight is 431 g/mol. The molecule has 1 heterocycles. The van der Waals surface area contributed by atoms with Crippen molar-refractivity contribution in [2.75, 3.05) is 25.5 Å². The van der Waals surface area contributed by atoms with Gasteiger partial charge in [0.1, 0.15) is 5.75 Å². The zero-order valence-corrected chi connectivity index (χ0v) is 18.5. The van der Waals surface area contributed by atoms with Gasteiger partial charge in [-0.1, -0.05) is 50.1 Å². The van der Waals surface area contributed by atoms with E-state index in [1.807, 2.05) is 37.3 Å². The fourth-order valence-electron chi connectivity index (χ4n) is 3.85. The maximum atomic E-state index is 13.2. The SMILES string of the molecule is CC[C@H](C(=O)Nc1cc(S(=O)(=O)N2CCCCCC2)ccc1OC)c1ccccc1. The van der Waals surface area contributed by atoms with Crippen LogP contribution in [0.4, 0.5) is 5.69 Å². The standard InChI is InChI=1S/C23H30N2O4S/c1-3-20(18-11-7-6-8-12-18)23(26)24-21-17-19(13-14-22(21)29-2)30(27,28)25-15-9-4-5-10-16-25/h6-8,11-14,17,20H,3-5,9-10,15-16H2,1-2H3,(H,24,26)/t20-/m0/s1. The molecule has 3 rings (SSSR count). The molecule has 0 aromatic heterocycles. The molecule has 2 aromatic carbocycles. The van der Waals surface area contributed by atoms with Crippen molar-refractivity contribution in [3.63, 3.8) is 0 Å². The van der Waals surface area contributed by atoms with E-state index in [1.165, 1.54) is 13.2 Å². The van der Waals surface area contributed by atoms with Crippen LogP contribution in [0.2, 0.25) is 0 Å². The van der Waals surface area contributed by atoms with Gasteiger partial charge in [0.25, 0.3) is 0 Å². The second kappa shape index (κ2) is 10.1. The summed E-state index contributed by atoms with van der Waals surface area (Å²) in [5.41, 5.74) is 1.29. The molecule has 0 saturated carbocycles. The van der Waals surface area contributed by atoms with Crippen molar-refractivity contribution >= 4 is 21.6 Å². The summed E-state index contributed by atoms with van der Waals surface area (Å²) in [7, 11) is -2.12. The lowest BCUT2D eigenvalue weighted by Crippen LogP contribution is -2.32. The number of hydrogen-bond donors (Lipinski definition) is 1. The summed E-state index contributed by atoms with van der Waals surface area (Å²) < 4.78 is 33.2. The summed E-state index contributed by atoms with van der Waals surface area (Å²) >= 11 is 0. The van der Waals surface area contributed by atoms with E-state index in [9.17, 15) is 13.2 Å². The van der Waals surface area contributed by atoms with Gasteiger partial charge < -0.3 is 10.1 Å². The molecule has 2 aromatic rings.